The average Bonchev–Trinajstić information content (AvgIpc) is 3.54. The van der Waals surface area contributed by atoms with Crippen molar-refractivity contribution in [3.63, 3.8) is 0 Å². The van der Waals surface area contributed by atoms with Crippen molar-refractivity contribution >= 4 is 33.4 Å². The number of ether oxygens (including phenoxy) is 1. The lowest BCUT2D eigenvalue weighted by Crippen LogP contribution is -2.43. The SMILES string of the molecule is O=C(CCCn1c(=O)c2sccc2n(CC(=O)NC[C@H]2CCCO2)c1=O)NCc1ccccc1. The minimum Gasteiger partial charge on any atom is -0.376 e. The molecule has 0 spiro atoms. The molecule has 3 aromatic rings. The van der Waals surface area contributed by atoms with Gasteiger partial charge in [0.05, 0.1) is 11.6 Å². The maximum absolute atomic E-state index is 13.1. The van der Waals surface area contributed by atoms with E-state index < -0.39 is 11.2 Å². The lowest BCUT2D eigenvalue weighted by molar-refractivity contribution is -0.122. The Kier molecular flexibility index (Phi) is 7.91. The van der Waals surface area contributed by atoms with E-state index in [0.717, 1.165) is 23.0 Å². The molecule has 0 aliphatic carbocycles. The summed E-state index contributed by atoms with van der Waals surface area (Å²) in [7, 11) is 0. The van der Waals surface area contributed by atoms with Crippen LogP contribution in [0.5, 0.6) is 0 Å². The van der Waals surface area contributed by atoms with Crippen LogP contribution in [-0.2, 0) is 34.0 Å². The van der Waals surface area contributed by atoms with Crippen LogP contribution in [0.1, 0.15) is 31.2 Å². The molecule has 0 saturated carbocycles. The van der Waals surface area contributed by atoms with Crippen molar-refractivity contribution in [2.45, 2.75) is 51.4 Å². The third-order valence-electron chi connectivity index (χ3n) is 5.81. The monoisotopic (exact) mass is 484 g/mol. The molecule has 9 nitrogen and oxygen atoms in total. The standard InChI is InChI=1S/C24H28N4O5S/c29-20(25-14-17-6-2-1-3-7-17)9-4-11-27-23(31)22-19(10-13-34-22)28(24(27)32)16-21(30)26-15-18-8-5-12-33-18/h1-3,6-7,10,13,18H,4-5,8-9,11-12,14-16H2,(H,25,29)(H,26,30)/t18-/m1/s1. The van der Waals surface area contributed by atoms with Gasteiger partial charge in [0.1, 0.15) is 11.2 Å². The highest BCUT2D eigenvalue weighted by Crippen LogP contribution is 2.15. The Morgan fingerprint density at radius 3 is 2.65 bits per heavy atom. The van der Waals surface area contributed by atoms with Crippen LogP contribution in [0.25, 0.3) is 10.2 Å². The van der Waals surface area contributed by atoms with Gasteiger partial charge in [-0.05, 0) is 36.3 Å². The van der Waals surface area contributed by atoms with Gasteiger partial charge in [0.15, 0.2) is 0 Å². The molecule has 0 radical (unpaired) electrons. The van der Waals surface area contributed by atoms with Gasteiger partial charge in [-0.1, -0.05) is 30.3 Å². The number of nitrogens with zero attached hydrogens (tertiary/aromatic N) is 2. The summed E-state index contributed by atoms with van der Waals surface area (Å²) in [4.78, 5) is 50.7. The minimum atomic E-state index is -0.548. The first kappa shape index (κ1) is 23.9. The normalized spacial score (nSPS) is 15.5. The number of fused-ring (bicyclic) bond motifs is 1. The number of carbonyl (C=O) groups is 2. The molecular formula is C24H28N4O5S. The molecule has 2 amide bonds. The fourth-order valence-corrected chi connectivity index (χ4v) is 4.84. The minimum absolute atomic E-state index is 0.00355. The number of aromatic nitrogens is 2. The summed E-state index contributed by atoms with van der Waals surface area (Å²) in [6.07, 6.45) is 2.40. The van der Waals surface area contributed by atoms with Gasteiger partial charge in [-0.15, -0.1) is 11.3 Å². The van der Waals surface area contributed by atoms with Gasteiger partial charge in [-0.2, -0.15) is 0 Å². The van der Waals surface area contributed by atoms with Gasteiger partial charge in [0.2, 0.25) is 11.8 Å². The predicted molar refractivity (Wildman–Crippen MR) is 130 cm³/mol. The average molecular weight is 485 g/mol. The molecule has 2 N–H and O–H groups in total. The quantitative estimate of drug-likeness (QED) is 0.454. The maximum atomic E-state index is 13.1. The van der Waals surface area contributed by atoms with Crippen LogP contribution in [0.2, 0.25) is 0 Å². The Balaban J connectivity index is 1.39. The highest BCUT2D eigenvalue weighted by Gasteiger charge is 2.19. The predicted octanol–water partition coefficient (Wildman–Crippen LogP) is 1.62. The Labute approximate surface area is 200 Å². The molecule has 1 aliphatic rings. The van der Waals surface area contributed by atoms with Gasteiger partial charge in [-0.3, -0.25) is 23.5 Å². The molecule has 1 fully saturated rings. The second kappa shape index (κ2) is 11.3. The lowest BCUT2D eigenvalue weighted by atomic mass is 10.2. The maximum Gasteiger partial charge on any atom is 0.332 e. The molecule has 180 valence electrons. The molecule has 0 bridgehead atoms. The van der Waals surface area contributed by atoms with Crippen molar-refractivity contribution < 1.29 is 14.3 Å². The topological polar surface area (TPSA) is 111 Å². The first-order valence-electron chi connectivity index (χ1n) is 11.4. The zero-order valence-corrected chi connectivity index (χ0v) is 19.6. The number of benzene rings is 1. The molecule has 3 heterocycles. The lowest BCUT2D eigenvalue weighted by Gasteiger charge is -2.14. The Bertz CT molecular complexity index is 1260. The van der Waals surface area contributed by atoms with E-state index in [-0.39, 0.29) is 37.4 Å². The van der Waals surface area contributed by atoms with Crippen molar-refractivity contribution in [3.8, 4) is 0 Å². The van der Waals surface area contributed by atoms with E-state index in [0.29, 0.717) is 36.3 Å². The number of nitrogens with one attached hydrogen (secondary N) is 2. The summed E-state index contributed by atoms with van der Waals surface area (Å²) in [5.74, 6) is -0.460. The third-order valence-corrected chi connectivity index (χ3v) is 6.70. The fraction of sp³-hybridized carbons (Fsp3) is 0.417. The van der Waals surface area contributed by atoms with Gasteiger partial charge in [0.25, 0.3) is 5.56 Å². The van der Waals surface area contributed by atoms with Crippen molar-refractivity contribution in [1.29, 1.82) is 0 Å². The summed E-state index contributed by atoms with van der Waals surface area (Å²) in [5.41, 5.74) is 0.503. The molecule has 1 aliphatic heterocycles. The van der Waals surface area contributed by atoms with E-state index in [2.05, 4.69) is 10.6 Å². The summed E-state index contributed by atoms with van der Waals surface area (Å²) in [6.45, 7) is 1.44. The van der Waals surface area contributed by atoms with Crippen LogP contribution in [0, 0.1) is 0 Å². The highest BCUT2D eigenvalue weighted by atomic mass is 32.1. The van der Waals surface area contributed by atoms with Gasteiger partial charge < -0.3 is 15.4 Å². The van der Waals surface area contributed by atoms with Crippen molar-refractivity contribution in [2.24, 2.45) is 0 Å². The van der Waals surface area contributed by atoms with Crippen LogP contribution in [0.15, 0.2) is 51.4 Å². The third kappa shape index (κ3) is 5.81. The van der Waals surface area contributed by atoms with Crippen LogP contribution in [0.3, 0.4) is 0 Å². The van der Waals surface area contributed by atoms with Crippen molar-refractivity contribution in [1.82, 2.24) is 19.8 Å². The first-order valence-corrected chi connectivity index (χ1v) is 12.3. The number of hydrogen-bond donors (Lipinski definition) is 2. The van der Waals surface area contributed by atoms with Crippen LogP contribution < -0.4 is 21.9 Å². The molecule has 1 saturated heterocycles. The van der Waals surface area contributed by atoms with E-state index in [9.17, 15) is 19.2 Å². The molecule has 2 aromatic heterocycles. The van der Waals surface area contributed by atoms with E-state index >= 15 is 0 Å². The largest absolute Gasteiger partial charge is 0.376 e. The van der Waals surface area contributed by atoms with E-state index in [1.165, 1.54) is 15.9 Å². The smallest absolute Gasteiger partial charge is 0.332 e. The fourth-order valence-electron chi connectivity index (χ4n) is 4.00. The Morgan fingerprint density at radius 2 is 1.88 bits per heavy atom. The van der Waals surface area contributed by atoms with E-state index in [4.69, 9.17) is 4.74 Å². The second-order valence-electron chi connectivity index (χ2n) is 8.27. The molecule has 10 heteroatoms. The van der Waals surface area contributed by atoms with Crippen LogP contribution in [0.4, 0.5) is 0 Å². The summed E-state index contributed by atoms with van der Waals surface area (Å²) in [6, 6.07) is 11.3. The molecule has 34 heavy (non-hydrogen) atoms. The van der Waals surface area contributed by atoms with Crippen LogP contribution in [-0.4, -0.2) is 40.2 Å². The zero-order valence-electron chi connectivity index (χ0n) is 18.8. The summed E-state index contributed by atoms with van der Waals surface area (Å²) >= 11 is 1.23. The number of rotatable bonds is 10. The Hall–Kier alpha value is -3.24. The van der Waals surface area contributed by atoms with Gasteiger partial charge in [0, 0.05) is 32.7 Å². The summed E-state index contributed by atoms with van der Waals surface area (Å²) in [5, 5.41) is 7.39. The van der Waals surface area contributed by atoms with Crippen molar-refractivity contribution in [2.75, 3.05) is 13.2 Å². The van der Waals surface area contributed by atoms with E-state index in [1.807, 2.05) is 30.3 Å². The second-order valence-corrected chi connectivity index (χ2v) is 9.18. The zero-order chi connectivity index (χ0) is 23.9. The molecular weight excluding hydrogens is 456 g/mol. The summed E-state index contributed by atoms with van der Waals surface area (Å²) < 4.78 is 8.38. The van der Waals surface area contributed by atoms with E-state index in [1.54, 1.807) is 11.4 Å². The highest BCUT2D eigenvalue weighted by molar-refractivity contribution is 7.17. The van der Waals surface area contributed by atoms with Gasteiger partial charge in [-0.25, -0.2) is 4.79 Å². The first-order chi connectivity index (χ1) is 16.5. The molecule has 0 unspecified atom stereocenters. The number of hydrogen-bond acceptors (Lipinski definition) is 6. The molecule has 4 rings (SSSR count). The van der Waals surface area contributed by atoms with Gasteiger partial charge >= 0.3 is 5.69 Å². The number of carbonyl (C=O) groups excluding carboxylic acids is 2. The number of thiophene rings is 1. The molecule has 1 atom stereocenters. The number of amides is 2. The Morgan fingerprint density at radius 1 is 1.06 bits per heavy atom. The molecule has 1 aromatic carbocycles. The van der Waals surface area contributed by atoms with Crippen molar-refractivity contribution in [3.05, 3.63) is 68.2 Å². The van der Waals surface area contributed by atoms with Crippen LogP contribution >= 0.6 is 11.3 Å².